The highest BCUT2D eigenvalue weighted by Gasteiger charge is 2.10. The van der Waals surface area contributed by atoms with E-state index in [2.05, 4.69) is 58.5 Å². The van der Waals surface area contributed by atoms with Crippen LogP contribution >= 0.6 is 11.3 Å². The van der Waals surface area contributed by atoms with Crippen molar-refractivity contribution in [3.8, 4) is 0 Å². The van der Waals surface area contributed by atoms with Crippen molar-refractivity contribution in [2.45, 2.75) is 20.4 Å². The van der Waals surface area contributed by atoms with Gasteiger partial charge in [0.2, 0.25) is 0 Å². The average Bonchev–Trinajstić information content (AvgIpc) is 2.84. The summed E-state index contributed by atoms with van der Waals surface area (Å²) >= 11 is 1.71. The van der Waals surface area contributed by atoms with Crippen molar-refractivity contribution in [3.05, 3.63) is 52.1 Å². The number of aryl methyl sites for hydroxylation is 2. The average molecular weight is 283 g/mol. The highest BCUT2D eigenvalue weighted by molar-refractivity contribution is 7.09. The van der Waals surface area contributed by atoms with Crippen LogP contribution in [0.25, 0.3) is 10.9 Å². The lowest BCUT2D eigenvalue weighted by atomic mass is 10.1. The van der Waals surface area contributed by atoms with E-state index in [0.29, 0.717) is 0 Å². The Morgan fingerprint density at radius 1 is 1.20 bits per heavy atom. The van der Waals surface area contributed by atoms with Crippen LogP contribution in [-0.2, 0) is 6.54 Å². The second kappa shape index (κ2) is 5.21. The summed E-state index contributed by atoms with van der Waals surface area (Å²) in [5.74, 6) is 0. The summed E-state index contributed by atoms with van der Waals surface area (Å²) in [6.07, 6.45) is 1.88. The molecule has 0 bridgehead atoms. The number of nitrogens with zero attached hydrogens (tertiary/aromatic N) is 3. The Morgan fingerprint density at radius 3 is 2.80 bits per heavy atom. The van der Waals surface area contributed by atoms with Crippen LogP contribution in [0.15, 0.2) is 35.8 Å². The van der Waals surface area contributed by atoms with Gasteiger partial charge in [0.15, 0.2) is 0 Å². The molecule has 0 aliphatic carbocycles. The molecule has 0 saturated carbocycles. The third kappa shape index (κ3) is 2.39. The fourth-order valence-corrected chi connectivity index (χ4v) is 3.23. The van der Waals surface area contributed by atoms with Crippen molar-refractivity contribution in [3.63, 3.8) is 0 Å². The minimum Gasteiger partial charge on any atom is -0.367 e. The van der Waals surface area contributed by atoms with Crippen LogP contribution in [-0.4, -0.2) is 17.0 Å². The molecule has 0 spiro atoms. The Hall–Kier alpha value is -1.94. The van der Waals surface area contributed by atoms with Crippen molar-refractivity contribution < 1.29 is 0 Å². The molecular weight excluding hydrogens is 266 g/mol. The minimum atomic E-state index is 0.825. The van der Waals surface area contributed by atoms with Gasteiger partial charge < -0.3 is 4.90 Å². The molecule has 2 heterocycles. The third-order valence-corrected chi connectivity index (χ3v) is 4.35. The molecule has 0 amide bonds. The first kappa shape index (κ1) is 13.1. The number of rotatable bonds is 3. The zero-order valence-electron chi connectivity index (χ0n) is 11.9. The number of pyridine rings is 1. The van der Waals surface area contributed by atoms with Crippen LogP contribution in [0.4, 0.5) is 5.69 Å². The Kier molecular flexibility index (Phi) is 3.40. The lowest BCUT2D eigenvalue weighted by molar-refractivity contribution is 0.908. The van der Waals surface area contributed by atoms with Crippen LogP contribution in [0.5, 0.6) is 0 Å². The molecule has 2 aromatic heterocycles. The summed E-state index contributed by atoms with van der Waals surface area (Å²) in [6.45, 7) is 4.96. The Morgan fingerprint density at radius 2 is 2.05 bits per heavy atom. The molecule has 0 aliphatic rings. The molecule has 20 heavy (non-hydrogen) atoms. The summed E-state index contributed by atoms with van der Waals surface area (Å²) in [7, 11) is 2.10. The van der Waals surface area contributed by atoms with Crippen LogP contribution in [0.2, 0.25) is 0 Å². The van der Waals surface area contributed by atoms with Gasteiger partial charge in [0.05, 0.1) is 12.1 Å². The molecule has 0 fully saturated rings. The van der Waals surface area contributed by atoms with E-state index in [1.807, 2.05) is 13.1 Å². The smallest absolute Gasteiger partial charge is 0.112 e. The largest absolute Gasteiger partial charge is 0.367 e. The van der Waals surface area contributed by atoms with Gasteiger partial charge in [0.25, 0.3) is 0 Å². The van der Waals surface area contributed by atoms with Gasteiger partial charge in [-0.1, -0.05) is 18.2 Å². The van der Waals surface area contributed by atoms with Gasteiger partial charge in [0, 0.05) is 35.4 Å². The maximum atomic E-state index is 4.54. The van der Waals surface area contributed by atoms with Crippen molar-refractivity contribution in [1.29, 1.82) is 0 Å². The Balaban J connectivity index is 1.99. The number of hydrogen-bond acceptors (Lipinski definition) is 4. The minimum absolute atomic E-state index is 0.825. The number of para-hydroxylation sites is 1. The first-order valence-electron chi connectivity index (χ1n) is 6.61. The van der Waals surface area contributed by atoms with Gasteiger partial charge in [-0.25, -0.2) is 4.98 Å². The van der Waals surface area contributed by atoms with E-state index in [9.17, 15) is 0 Å². The second-order valence-electron chi connectivity index (χ2n) is 5.04. The van der Waals surface area contributed by atoms with Gasteiger partial charge >= 0.3 is 0 Å². The van der Waals surface area contributed by atoms with Crippen LogP contribution in [0, 0.1) is 13.8 Å². The number of benzene rings is 1. The fraction of sp³-hybridized carbons (Fsp3) is 0.250. The van der Waals surface area contributed by atoms with Crippen LogP contribution in [0.3, 0.4) is 0 Å². The zero-order valence-corrected chi connectivity index (χ0v) is 12.7. The van der Waals surface area contributed by atoms with E-state index >= 15 is 0 Å². The summed E-state index contributed by atoms with van der Waals surface area (Å²) in [6, 6.07) is 8.39. The lowest BCUT2D eigenvalue weighted by Gasteiger charge is -2.20. The van der Waals surface area contributed by atoms with Gasteiger partial charge in [-0.2, -0.15) is 0 Å². The fourth-order valence-electron chi connectivity index (χ4n) is 2.41. The van der Waals surface area contributed by atoms with Gasteiger partial charge in [-0.3, -0.25) is 4.98 Å². The lowest BCUT2D eigenvalue weighted by Crippen LogP contribution is -2.16. The quantitative estimate of drug-likeness (QED) is 0.729. The van der Waals surface area contributed by atoms with Crippen molar-refractivity contribution in [2.75, 3.05) is 11.9 Å². The van der Waals surface area contributed by atoms with Crippen molar-refractivity contribution in [2.24, 2.45) is 0 Å². The SMILES string of the molecule is Cc1csc(CN(C)c2ccnc3c(C)cccc23)n1. The number of hydrogen-bond donors (Lipinski definition) is 0. The third-order valence-electron chi connectivity index (χ3n) is 3.40. The number of aromatic nitrogens is 2. The molecule has 0 saturated heterocycles. The topological polar surface area (TPSA) is 29.0 Å². The maximum absolute atomic E-state index is 4.54. The van der Waals surface area contributed by atoms with Crippen molar-refractivity contribution in [1.82, 2.24) is 9.97 Å². The van der Waals surface area contributed by atoms with Gasteiger partial charge in [-0.05, 0) is 25.5 Å². The van der Waals surface area contributed by atoms with E-state index in [4.69, 9.17) is 0 Å². The van der Waals surface area contributed by atoms with Crippen molar-refractivity contribution >= 4 is 27.9 Å². The first-order chi connectivity index (χ1) is 9.65. The highest BCUT2D eigenvalue weighted by Crippen LogP contribution is 2.27. The molecule has 0 radical (unpaired) electrons. The van der Waals surface area contributed by atoms with E-state index in [-0.39, 0.29) is 0 Å². The van der Waals surface area contributed by atoms with Crippen LogP contribution in [0.1, 0.15) is 16.3 Å². The molecule has 1 aromatic carbocycles. The van der Waals surface area contributed by atoms with Gasteiger partial charge in [-0.15, -0.1) is 11.3 Å². The molecule has 3 rings (SSSR count). The van der Waals surface area contributed by atoms with Crippen LogP contribution < -0.4 is 4.90 Å². The predicted octanol–water partition coefficient (Wildman–Crippen LogP) is 3.94. The number of thiazole rings is 1. The molecular formula is C16H17N3S. The van der Waals surface area contributed by atoms with Gasteiger partial charge in [0.1, 0.15) is 5.01 Å². The van der Waals surface area contributed by atoms with E-state index in [0.717, 1.165) is 22.8 Å². The van der Waals surface area contributed by atoms with E-state index in [1.165, 1.54) is 16.6 Å². The predicted molar refractivity (Wildman–Crippen MR) is 85.4 cm³/mol. The second-order valence-corrected chi connectivity index (χ2v) is 5.98. The number of fused-ring (bicyclic) bond motifs is 1. The molecule has 0 atom stereocenters. The zero-order chi connectivity index (χ0) is 14.1. The molecule has 3 aromatic rings. The Labute approximate surface area is 122 Å². The molecule has 3 nitrogen and oxygen atoms in total. The summed E-state index contributed by atoms with van der Waals surface area (Å²) in [5, 5.41) is 4.43. The first-order valence-corrected chi connectivity index (χ1v) is 7.49. The molecule has 0 N–H and O–H groups in total. The Bertz CT molecular complexity index is 748. The highest BCUT2D eigenvalue weighted by atomic mass is 32.1. The molecule has 102 valence electrons. The summed E-state index contributed by atoms with van der Waals surface area (Å²) in [4.78, 5) is 11.3. The molecule has 0 aliphatic heterocycles. The van der Waals surface area contributed by atoms with E-state index < -0.39 is 0 Å². The number of anilines is 1. The standard InChI is InChI=1S/C16H17N3S/c1-11-5-4-6-13-14(7-8-17-16(11)13)19(3)9-15-18-12(2)10-20-15/h4-8,10H,9H2,1-3H3. The molecule has 4 heteroatoms. The monoisotopic (exact) mass is 283 g/mol. The normalized spacial score (nSPS) is 10.9. The summed E-state index contributed by atoms with van der Waals surface area (Å²) < 4.78 is 0. The summed E-state index contributed by atoms with van der Waals surface area (Å²) in [5.41, 5.74) is 4.58. The van der Waals surface area contributed by atoms with E-state index in [1.54, 1.807) is 11.3 Å². The maximum Gasteiger partial charge on any atom is 0.112 e. The molecule has 0 unspecified atom stereocenters.